The molecule has 1 N–H and O–H groups in total. The van der Waals surface area contributed by atoms with Crippen LogP contribution in [-0.4, -0.2) is 26.4 Å². The molecule has 2 aliphatic rings. The maximum atomic E-state index is 12.9. The first kappa shape index (κ1) is 13.3. The third-order valence-electron chi connectivity index (χ3n) is 4.07. The smallest absolute Gasteiger partial charge is 0.123 e. The van der Waals surface area contributed by atoms with Crippen LogP contribution >= 0.6 is 12.4 Å². The van der Waals surface area contributed by atoms with E-state index in [4.69, 9.17) is 4.84 Å². The summed E-state index contributed by atoms with van der Waals surface area (Å²) in [6, 6.07) is 6.83. The number of fused-ring (bicyclic) bond motifs is 1. The van der Waals surface area contributed by atoms with Crippen molar-refractivity contribution in [1.29, 1.82) is 0 Å². The summed E-state index contributed by atoms with van der Waals surface area (Å²) in [5, 5.41) is 7.26. The summed E-state index contributed by atoms with van der Waals surface area (Å²) >= 11 is 0. The zero-order chi connectivity index (χ0) is 11.9. The quantitative estimate of drug-likeness (QED) is 0.673. The highest BCUT2D eigenvalue weighted by molar-refractivity contribution is 5.85. The number of hydrogen-bond donors (Lipinski definition) is 1. The molecule has 0 radical (unpaired) electrons. The van der Waals surface area contributed by atoms with Crippen molar-refractivity contribution in [2.45, 2.75) is 5.41 Å². The Morgan fingerprint density at radius 1 is 1.44 bits per heavy atom. The van der Waals surface area contributed by atoms with Crippen LogP contribution in [0.15, 0.2) is 29.4 Å². The Bertz CT molecular complexity index is 451. The predicted molar refractivity (Wildman–Crippen MR) is 70.7 cm³/mol. The summed E-state index contributed by atoms with van der Waals surface area (Å²) in [4.78, 5) is 4.75. The van der Waals surface area contributed by atoms with Gasteiger partial charge in [-0.2, -0.15) is 0 Å². The molecule has 3 nitrogen and oxygen atoms in total. The van der Waals surface area contributed by atoms with Crippen molar-refractivity contribution in [3.05, 3.63) is 35.6 Å². The van der Waals surface area contributed by atoms with E-state index < -0.39 is 0 Å². The largest absolute Gasteiger partial charge is 0.399 e. The van der Waals surface area contributed by atoms with E-state index in [1.54, 1.807) is 7.11 Å². The van der Waals surface area contributed by atoms with Crippen LogP contribution in [0.4, 0.5) is 4.39 Å². The van der Waals surface area contributed by atoms with E-state index in [9.17, 15) is 4.39 Å². The van der Waals surface area contributed by atoms with Crippen LogP contribution < -0.4 is 5.32 Å². The Morgan fingerprint density at radius 3 is 2.83 bits per heavy atom. The van der Waals surface area contributed by atoms with Crippen LogP contribution in [0.3, 0.4) is 0 Å². The molecular formula is C13H16ClFN2O. The summed E-state index contributed by atoms with van der Waals surface area (Å²) in [5.41, 5.74) is 1.30. The molecule has 5 heteroatoms. The van der Waals surface area contributed by atoms with E-state index in [1.807, 2.05) is 18.3 Å². The van der Waals surface area contributed by atoms with E-state index in [0.29, 0.717) is 11.8 Å². The second kappa shape index (κ2) is 4.86. The van der Waals surface area contributed by atoms with Crippen LogP contribution in [0, 0.1) is 17.7 Å². The van der Waals surface area contributed by atoms with Gasteiger partial charge in [-0.25, -0.2) is 4.39 Å². The molecule has 0 spiro atoms. The highest BCUT2D eigenvalue weighted by Crippen LogP contribution is 2.61. The lowest BCUT2D eigenvalue weighted by Gasteiger charge is -2.14. The lowest BCUT2D eigenvalue weighted by molar-refractivity contribution is 0.214. The van der Waals surface area contributed by atoms with E-state index in [1.165, 1.54) is 17.7 Å². The molecule has 1 aliphatic carbocycles. The zero-order valence-corrected chi connectivity index (χ0v) is 10.9. The molecule has 1 aromatic rings. The van der Waals surface area contributed by atoms with E-state index in [2.05, 4.69) is 10.5 Å². The van der Waals surface area contributed by atoms with Gasteiger partial charge in [-0.3, -0.25) is 0 Å². The molecule has 1 saturated carbocycles. The van der Waals surface area contributed by atoms with Gasteiger partial charge in [0.25, 0.3) is 0 Å². The van der Waals surface area contributed by atoms with Crippen molar-refractivity contribution in [1.82, 2.24) is 5.32 Å². The highest BCUT2D eigenvalue weighted by atomic mass is 35.5. The number of rotatable bonds is 3. The van der Waals surface area contributed by atoms with Gasteiger partial charge in [0, 0.05) is 24.1 Å². The molecule has 1 aromatic carbocycles. The SMILES string of the molecule is CON=CC1C2CNCC12c1ccc(F)cc1.Cl. The summed E-state index contributed by atoms with van der Waals surface area (Å²) < 4.78 is 12.9. The monoisotopic (exact) mass is 270 g/mol. The number of oxime groups is 1. The topological polar surface area (TPSA) is 33.6 Å². The van der Waals surface area contributed by atoms with Gasteiger partial charge in [0.15, 0.2) is 0 Å². The zero-order valence-electron chi connectivity index (χ0n) is 10.1. The van der Waals surface area contributed by atoms with Crippen molar-refractivity contribution in [3.63, 3.8) is 0 Å². The van der Waals surface area contributed by atoms with Gasteiger partial charge in [0.2, 0.25) is 0 Å². The molecule has 3 atom stereocenters. The molecule has 0 bridgehead atoms. The Morgan fingerprint density at radius 2 is 2.17 bits per heavy atom. The van der Waals surface area contributed by atoms with Crippen LogP contribution in [-0.2, 0) is 10.3 Å². The Hall–Kier alpha value is -1.13. The standard InChI is InChI=1S/C13H15FN2O.ClH/c1-17-16-7-12-11-6-15-8-13(11,12)9-2-4-10(14)5-3-9;/h2-5,7,11-12,15H,6,8H2,1H3;1H. The third-order valence-corrected chi connectivity index (χ3v) is 4.07. The molecule has 2 fully saturated rings. The first-order valence-electron chi connectivity index (χ1n) is 5.82. The van der Waals surface area contributed by atoms with Gasteiger partial charge in [-0.05, 0) is 30.2 Å². The minimum absolute atomic E-state index is 0. The minimum Gasteiger partial charge on any atom is -0.399 e. The van der Waals surface area contributed by atoms with Crippen LogP contribution in [0.25, 0.3) is 0 Å². The van der Waals surface area contributed by atoms with Gasteiger partial charge in [-0.1, -0.05) is 17.3 Å². The fourth-order valence-corrected chi connectivity index (χ4v) is 3.18. The molecular weight excluding hydrogens is 255 g/mol. The number of halogens is 2. The molecule has 3 rings (SSSR count). The van der Waals surface area contributed by atoms with Crippen LogP contribution in [0.2, 0.25) is 0 Å². The molecule has 1 aliphatic heterocycles. The average molecular weight is 271 g/mol. The summed E-state index contributed by atoms with van der Waals surface area (Å²) in [7, 11) is 1.55. The number of nitrogens with zero attached hydrogens (tertiary/aromatic N) is 1. The molecule has 1 saturated heterocycles. The molecule has 0 aromatic heterocycles. The first-order valence-corrected chi connectivity index (χ1v) is 5.82. The number of hydrogen-bond acceptors (Lipinski definition) is 3. The summed E-state index contributed by atoms with van der Waals surface area (Å²) in [5.74, 6) is 0.788. The fourth-order valence-electron chi connectivity index (χ4n) is 3.18. The summed E-state index contributed by atoms with van der Waals surface area (Å²) in [6.07, 6.45) is 1.88. The van der Waals surface area contributed by atoms with Gasteiger partial charge in [0.1, 0.15) is 12.9 Å². The van der Waals surface area contributed by atoms with Crippen molar-refractivity contribution in [3.8, 4) is 0 Å². The van der Waals surface area contributed by atoms with Crippen molar-refractivity contribution in [2.75, 3.05) is 20.2 Å². The molecule has 3 unspecified atom stereocenters. The first-order chi connectivity index (χ1) is 8.29. The Labute approximate surface area is 112 Å². The molecule has 98 valence electrons. The highest BCUT2D eigenvalue weighted by Gasteiger charge is 2.67. The lowest BCUT2D eigenvalue weighted by Crippen LogP contribution is -2.23. The second-order valence-corrected chi connectivity index (χ2v) is 4.75. The maximum Gasteiger partial charge on any atom is 0.123 e. The van der Waals surface area contributed by atoms with E-state index in [0.717, 1.165) is 13.1 Å². The van der Waals surface area contributed by atoms with E-state index >= 15 is 0 Å². The average Bonchev–Trinajstić information content (AvgIpc) is 2.74. The maximum absolute atomic E-state index is 12.9. The molecule has 0 amide bonds. The van der Waals surface area contributed by atoms with Crippen LogP contribution in [0.1, 0.15) is 5.56 Å². The Kier molecular flexibility index (Phi) is 3.59. The number of benzene rings is 1. The van der Waals surface area contributed by atoms with Gasteiger partial charge in [0.05, 0.1) is 0 Å². The summed E-state index contributed by atoms with van der Waals surface area (Å²) in [6.45, 7) is 1.93. The molecule has 1 heterocycles. The van der Waals surface area contributed by atoms with Crippen molar-refractivity contribution in [2.24, 2.45) is 17.0 Å². The predicted octanol–water partition coefficient (Wildman–Crippen LogP) is 1.97. The van der Waals surface area contributed by atoms with Gasteiger partial charge in [-0.15, -0.1) is 12.4 Å². The third kappa shape index (κ3) is 1.80. The van der Waals surface area contributed by atoms with Crippen molar-refractivity contribution >= 4 is 18.6 Å². The number of nitrogens with one attached hydrogen (secondary N) is 1. The normalized spacial score (nSPS) is 33.0. The van der Waals surface area contributed by atoms with Crippen molar-refractivity contribution < 1.29 is 9.23 Å². The lowest BCUT2D eigenvalue weighted by atomic mass is 9.93. The van der Waals surface area contributed by atoms with Gasteiger partial charge < -0.3 is 10.2 Å². The van der Waals surface area contributed by atoms with Crippen LogP contribution in [0.5, 0.6) is 0 Å². The Balaban J connectivity index is 0.00000120. The second-order valence-electron chi connectivity index (χ2n) is 4.75. The molecule has 18 heavy (non-hydrogen) atoms. The fraction of sp³-hybridized carbons (Fsp3) is 0.462. The van der Waals surface area contributed by atoms with E-state index in [-0.39, 0.29) is 23.6 Å². The number of piperidine rings is 1. The minimum atomic E-state index is -0.185. The van der Waals surface area contributed by atoms with Gasteiger partial charge >= 0.3 is 0 Å².